The summed E-state index contributed by atoms with van der Waals surface area (Å²) in [5.41, 5.74) is 5.08. The third kappa shape index (κ3) is 3.85. The topological polar surface area (TPSA) is 60.0 Å². The van der Waals surface area contributed by atoms with E-state index in [9.17, 15) is 0 Å². The molecule has 0 bridgehead atoms. The van der Waals surface area contributed by atoms with E-state index in [0.717, 1.165) is 57.6 Å². The molecule has 5 heteroatoms. The summed E-state index contributed by atoms with van der Waals surface area (Å²) >= 11 is 0. The van der Waals surface area contributed by atoms with Crippen LogP contribution in [0.25, 0.3) is 21.9 Å². The van der Waals surface area contributed by atoms with E-state index in [1.165, 1.54) is 0 Å². The Hall–Kier alpha value is -2.92. The summed E-state index contributed by atoms with van der Waals surface area (Å²) in [7, 11) is 0. The summed E-state index contributed by atoms with van der Waals surface area (Å²) in [6.45, 7) is 5.82. The first-order valence-electron chi connectivity index (χ1n) is 9.84. The van der Waals surface area contributed by atoms with E-state index in [1.54, 1.807) is 0 Å². The summed E-state index contributed by atoms with van der Waals surface area (Å²) in [5.74, 6) is 1.65. The highest BCUT2D eigenvalue weighted by atomic mass is 16.5. The number of nitrogens with zero attached hydrogens (tertiary/aromatic N) is 2. The molecule has 2 aromatic heterocycles. The molecule has 1 N–H and O–H groups in total. The van der Waals surface area contributed by atoms with E-state index in [0.29, 0.717) is 19.8 Å². The number of aryl methyl sites for hydroxylation is 1. The maximum atomic E-state index is 6.01. The zero-order valence-electron chi connectivity index (χ0n) is 16.4. The van der Waals surface area contributed by atoms with Crippen molar-refractivity contribution in [3.05, 3.63) is 65.6 Å². The van der Waals surface area contributed by atoms with Crippen molar-refractivity contribution in [2.24, 2.45) is 0 Å². The molecule has 0 aliphatic heterocycles. The van der Waals surface area contributed by atoms with Crippen molar-refractivity contribution in [2.45, 2.75) is 39.9 Å². The van der Waals surface area contributed by atoms with Gasteiger partial charge in [-0.1, -0.05) is 43.7 Å². The smallest absolute Gasteiger partial charge is 0.133 e. The molecular formula is C23H25N3O2. The van der Waals surface area contributed by atoms with Gasteiger partial charge in [-0.2, -0.15) is 0 Å². The lowest BCUT2D eigenvalue weighted by atomic mass is 10.1. The second-order valence-corrected chi connectivity index (χ2v) is 6.81. The van der Waals surface area contributed by atoms with Crippen LogP contribution < -0.4 is 4.74 Å². The summed E-state index contributed by atoms with van der Waals surface area (Å²) in [4.78, 5) is 13.1. The van der Waals surface area contributed by atoms with E-state index >= 15 is 0 Å². The summed E-state index contributed by atoms with van der Waals surface area (Å²) in [6, 6.07) is 16.2. The number of aromatic amines is 1. The van der Waals surface area contributed by atoms with Gasteiger partial charge in [0.1, 0.15) is 30.3 Å². The highest BCUT2D eigenvalue weighted by molar-refractivity contribution is 6.03. The predicted molar refractivity (Wildman–Crippen MR) is 111 cm³/mol. The first kappa shape index (κ1) is 18.4. The number of H-pyrrole nitrogens is 1. The molecule has 2 heterocycles. The Balaban J connectivity index is 1.72. The molecule has 0 aliphatic rings. The van der Waals surface area contributed by atoms with E-state index in [4.69, 9.17) is 19.4 Å². The molecule has 4 rings (SSSR count). The molecule has 0 radical (unpaired) electrons. The van der Waals surface area contributed by atoms with Gasteiger partial charge in [-0.25, -0.2) is 4.98 Å². The number of aromatic nitrogens is 3. The van der Waals surface area contributed by atoms with Crippen LogP contribution in [0.3, 0.4) is 0 Å². The van der Waals surface area contributed by atoms with Crippen LogP contribution in [0.4, 0.5) is 0 Å². The molecule has 0 saturated heterocycles. The quantitative estimate of drug-likeness (QED) is 0.461. The largest absolute Gasteiger partial charge is 0.489 e. The molecule has 0 aliphatic carbocycles. The average molecular weight is 375 g/mol. The number of imidazole rings is 1. The Morgan fingerprint density at radius 3 is 2.61 bits per heavy atom. The Morgan fingerprint density at radius 1 is 0.964 bits per heavy atom. The van der Waals surface area contributed by atoms with Gasteiger partial charge in [-0.05, 0) is 37.1 Å². The highest BCUT2D eigenvalue weighted by Crippen LogP contribution is 2.29. The van der Waals surface area contributed by atoms with Crippen molar-refractivity contribution in [2.75, 3.05) is 6.61 Å². The van der Waals surface area contributed by atoms with Crippen molar-refractivity contribution in [1.82, 2.24) is 15.0 Å². The molecular weight excluding hydrogens is 350 g/mol. The third-order valence-corrected chi connectivity index (χ3v) is 4.70. The number of hydrogen-bond donors (Lipinski definition) is 1. The average Bonchev–Trinajstić information content (AvgIpc) is 3.17. The van der Waals surface area contributed by atoms with Gasteiger partial charge in [0, 0.05) is 12.0 Å². The SMILES string of the molecule is CCCc1nc2ccc(OCc3ccccc3)cc2c2nc(COCC)[nH]c12. The predicted octanol–water partition coefficient (Wildman–Crippen LogP) is 5.18. The minimum Gasteiger partial charge on any atom is -0.489 e. The van der Waals surface area contributed by atoms with Crippen LogP contribution in [0.2, 0.25) is 0 Å². The van der Waals surface area contributed by atoms with E-state index in [-0.39, 0.29) is 0 Å². The fourth-order valence-corrected chi connectivity index (χ4v) is 3.35. The van der Waals surface area contributed by atoms with Crippen LogP contribution in [0.15, 0.2) is 48.5 Å². The van der Waals surface area contributed by atoms with Crippen molar-refractivity contribution in [3.63, 3.8) is 0 Å². The van der Waals surface area contributed by atoms with Gasteiger partial charge >= 0.3 is 0 Å². The zero-order valence-corrected chi connectivity index (χ0v) is 16.4. The monoisotopic (exact) mass is 375 g/mol. The number of fused-ring (bicyclic) bond motifs is 3. The summed E-state index contributed by atoms with van der Waals surface area (Å²) in [6.07, 6.45) is 1.95. The molecule has 2 aromatic carbocycles. The molecule has 28 heavy (non-hydrogen) atoms. The standard InChI is InChI=1S/C23H25N3O2/c1-3-8-20-23-22(25-21(26-23)15-27-4-2)18-13-17(11-12-19(18)24-20)28-14-16-9-6-5-7-10-16/h5-7,9-13H,3-4,8,14-15H2,1-2H3,(H,25,26). The molecule has 5 nitrogen and oxygen atoms in total. The molecule has 0 amide bonds. The Bertz CT molecular complexity index is 1070. The first-order chi connectivity index (χ1) is 13.8. The second kappa shape index (κ2) is 8.40. The minimum atomic E-state index is 0.475. The Morgan fingerprint density at radius 2 is 1.82 bits per heavy atom. The number of hydrogen-bond acceptors (Lipinski definition) is 4. The number of pyridine rings is 1. The molecule has 0 unspecified atom stereocenters. The molecule has 0 spiro atoms. The lowest BCUT2D eigenvalue weighted by Crippen LogP contribution is -1.96. The van der Waals surface area contributed by atoms with Crippen LogP contribution in [-0.2, 0) is 24.4 Å². The van der Waals surface area contributed by atoms with E-state index < -0.39 is 0 Å². The normalized spacial score (nSPS) is 11.4. The van der Waals surface area contributed by atoms with Gasteiger partial charge in [0.2, 0.25) is 0 Å². The maximum Gasteiger partial charge on any atom is 0.133 e. The van der Waals surface area contributed by atoms with E-state index in [2.05, 4.69) is 24.0 Å². The van der Waals surface area contributed by atoms with Crippen molar-refractivity contribution >= 4 is 21.9 Å². The van der Waals surface area contributed by atoms with Crippen LogP contribution in [0, 0.1) is 0 Å². The van der Waals surface area contributed by atoms with Gasteiger partial charge in [-0.3, -0.25) is 4.98 Å². The van der Waals surface area contributed by atoms with Crippen molar-refractivity contribution in [1.29, 1.82) is 0 Å². The van der Waals surface area contributed by atoms with Crippen LogP contribution in [0.1, 0.15) is 37.4 Å². The molecule has 0 saturated carbocycles. The van der Waals surface area contributed by atoms with Crippen LogP contribution in [-0.4, -0.2) is 21.6 Å². The fraction of sp³-hybridized carbons (Fsp3) is 0.304. The first-order valence-corrected chi connectivity index (χ1v) is 9.84. The van der Waals surface area contributed by atoms with Gasteiger partial charge in [-0.15, -0.1) is 0 Å². The minimum absolute atomic E-state index is 0.475. The number of rotatable bonds is 8. The Labute approximate surface area is 164 Å². The number of ether oxygens (including phenoxy) is 2. The maximum absolute atomic E-state index is 6.01. The Kier molecular flexibility index (Phi) is 5.53. The van der Waals surface area contributed by atoms with Gasteiger partial charge in [0.25, 0.3) is 0 Å². The summed E-state index contributed by atoms with van der Waals surface area (Å²) < 4.78 is 11.5. The van der Waals surface area contributed by atoms with E-state index in [1.807, 2.05) is 43.3 Å². The second-order valence-electron chi connectivity index (χ2n) is 6.81. The third-order valence-electron chi connectivity index (χ3n) is 4.70. The molecule has 0 atom stereocenters. The van der Waals surface area contributed by atoms with Crippen LogP contribution >= 0.6 is 0 Å². The fourth-order valence-electron chi connectivity index (χ4n) is 3.35. The van der Waals surface area contributed by atoms with Crippen LogP contribution in [0.5, 0.6) is 5.75 Å². The van der Waals surface area contributed by atoms with Gasteiger partial charge in [0.15, 0.2) is 0 Å². The molecule has 144 valence electrons. The van der Waals surface area contributed by atoms with Gasteiger partial charge < -0.3 is 14.5 Å². The highest BCUT2D eigenvalue weighted by Gasteiger charge is 2.14. The molecule has 0 fully saturated rings. The lowest BCUT2D eigenvalue weighted by Gasteiger charge is -2.09. The number of nitrogens with one attached hydrogen (secondary N) is 1. The zero-order chi connectivity index (χ0) is 19.3. The molecule has 4 aromatic rings. The van der Waals surface area contributed by atoms with Crippen molar-refractivity contribution < 1.29 is 9.47 Å². The summed E-state index contributed by atoms with van der Waals surface area (Å²) in [5, 5.41) is 0.999. The van der Waals surface area contributed by atoms with Gasteiger partial charge in [0.05, 0.1) is 16.7 Å². The van der Waals surface area contributed by atoms with Crippen molar-refractivity contribution in [3.8, 4) is 5.75 Å². The lowest BCUT2D eigenvalue weighted by molar-refractivity contribution is 0.129. The number of benzene rings is 2.